The first-order valence-corrected chi connectivity index (χ1v) is 4.97. The molecule has 0 spiro atoms. The quantitative estimate of drug-likeness (QED) is 0.714. The summed E-state index contributed by atoms with van der Waals surface area (Å²) in [4.78, 5) is 11.3. The van der Waals surface area contributed by atoms with Gasteiger partial charge in [-0.3, -0.25) is 4.79 Å². The van der Waals surface area contributed by atoms with E-state index in [4.69, 9.17) is 0 Å². The van der Waals surface area contributed by atoms with E-state index in [1.54, 1.807) is 31.2 Å². The molecule has 0 saturated carbocycles. The molecule has 2 atom stereocenters. The number of rotatable bonds is 4. The van der Waals surface area contributed by atoms with Gasteiger partial charge < -0.3 is 4.74 Å². The van der Waals surface area contributed by atoms with Gasteiger partial charge >= 0.3 is 5.97 Å². The fourth-order valence-corrected chi connectivity index (χ4v) is 1.51. The van der Waals surface area contributed by atoms with Gasteiger partial charge in [0.1, 0.15) is 6.17 Å². The van der Waals surface area contributed by atoms with E-state index in [1.807, 2.05) is 6.07 Å². The normalized spacial score (nSPS) is 14.3. The summed E-state index contributed by atoms with van der Waals surface area (Å²) in [6, 6.07) is 8.68. The van der Waals surface area contributed by atoms with Gasteiger partial charge in [-0.15, -0.1) is 0 Å². The lowest BCUT2D eigenvalue weighted by Gasteiger charge is -2.17. The maximum Gasteiger partial charge on any atom is 0.311 e. The van der Waals surface area contributed by atoms with Crippen LogP contribution < -0.4 is 0 Å². The minimum atomic E-state index is -1.29. The number of carbonyl (C=O) groups excluding carboxylic acids is 1. The predicted molar refractivity (Wildman–Crippen MR) is 56.1 cm³/mol. The van der Waals surface area contributed by atoms with Gasteiger partial charge in [-0.1, -0.05) is 37.3 Å². The molecule has 0 aliphatic carbocycles. The average Bonchev–Trinajstić information content (AvgIpc) is 2.30. The Balaban J connectivity index is 2.82. The van der Waals surface area contributed by atoms with Crippen molar-refractivity contribution in [2.24, 2.45) is 5.92 Å². The Kier molecular flexibility index (Phi) is 4.28. The lowest BCUT2D eigenvalue weighted by molar-refractivity contribution is -0.148. The highest BCUT2D eigenvalue weighted by Gasteiger charge is 2.28. The Morgan fingerprint density at radius 3 is 2.47 bits per heavy atom. The number of ether oxygens (including phenoxy) is 1. The van der Waals surface area contributed by atoms with Crippen molar-refractivity contribution in [1.29, 1.82) is 0 Å². The van der Waals surface area contributed by atoms with Crippen molar-refractivity contribution >= 4 is 5.97 Å². The molecule has 3 heteroatoms. The lowest BCUT2D eigenvalue weighted by Crippen LogP contribution is -2.20. The lowest BCUT2D eigenvalue weighted by atomic mass is 9.95. The minimum Gasteiger partial charge on any atom is -0.469 e. The first-order valence-electron chi connectivity index (χ1n) is 4.97. The van der Waals surface area contributed by atoms with E-state index in [9.17, 15) is 9.18 Å². The zero-order valence-electron chi connectivity index (χ0n) is 8.94. The highest BCUT2D eigenvalue weighted by molar-refractivity contribution is 5.73. The number of hydrogen-bond acceptors (Lipinski definition) is 2. The first kappa shape index (κ1) is 11.7. The van der Waals surface area contributed by atoms with E-state index >= 15 is 0 Å². The summed E-state index contributed by atoms with van der Waals surface area (Å²) >= 11 is 0. The van der Waals surface area contributed by atoms with Crippen LogP contribution in [-0.4, -0.2) is 13.1 Å². The summed E-state index contributed by atoms with van der Waals surface area (Å²) in [5, 5.41) is 0. The Bertz CT molecular complexity index is 311. The third-order valence-corrected chi connectivity index (χ3v) is 2.42. The van der Waals surface area contributed by atoms with Crippen LogP contribution in [-0.2, 0) is 9.53 Å². The number of esters is 1. The number of alkyl halides is 1. The largest absolute Gasteiger partial charge is 0.469 e. The molecule has 1 rings (SSSR count). The van der Waals surface area contributed by atoms with Crippen molar-refractivity contribution in [2.75, 3.05) is 7.11 Å². The molecule has 0 aliphatic heterocycles. The number of halogens is 1. The maximum absolute atomic E-state index is 13.9. The molecule has 0 saturated heterocycles. The molecule has 0 amide bonds. The molecule has 2 nitrogen and oxygen atoms in total. The van der Waals surface area contributed by atoms with E-state index < -0.39 is 18.1 Å². The van der Waals surface area contributed by atoms with Gasteiger partial charge in [0.15, 0.2) is 0 Å². The van der Waals surface area contributed by atoms with Crippen molar-refractivity contribution in [1.82, 2.24) is 0 Å². The van der Waals surface area contributed by atoms with Crippen molar-refractivity contribution in [3.63, 3.8) is 0 Å². The number of benzene rings is 1. The summed E-state index contributed by atoms with van der Waals surface area (Å²) in [7, 11) is 1.28. The van der Waals surface area contributed by atoms with Crippen LogP contribution in [0.3, 0.4) is 0 Å². The van der Waals surface area contributed by atoms with Crippen LogP contribution in [0.25, 0.3) is 0 Å². The fraction of sp³-hybridized carbons (Fsp3) is 0.417. The van der Waals surface area contributed by atoms with Crippen molar-refractivity contribution in [3.05, 3.63) is 35.9 Å². The standard InChI is InChI=1S/C12H15FO2/c1-3-10(12(14)15-2)11(13)9-7-5-4-6-8-9/h4-8,10-11H,3H2,1-2H3/t10-,11+/m0/s1. The van der Waals surface area contributed by atoms with Crippen LogP contribution in [0.4, 0.5) is 4.39 Å². The van der Waals surface area contributed by atoms with E-state index in [1.165, 1.54) is 7.11 Å². The molecule has 82 valence electrons. The molecule has 0 unspecified atom stereocenters. The summed E-state index contributed by atoms with van der Waals surface area (Å²) in [5.74, 6) is -1.20. The SMILES string of the molecule is CC[C@H](C(=O)OC)[C@H](F)c1ccccc1. The molecule has 1 aromatic carbocycles. The second kappa shape index (κ2) is 5.49. The molecular formula is C12H15FO2. The van der Waals surface area contributed by atoms with Crippen LogP contribution in [0.15, 0.2) is 30.3 Å². The highest BCUT2D eigenvalue weighted by Crippen LogP contribution is 2.29. The van der Waals surface area contributed by atoms with Crippen LogP contribution in [0.2, 0.25) is 0 Å². The van der Waals surface area contributed by atoms with E-state index in [0.29, 0.717) is 12.0 Å². The van der Waals surface area contributed by atoms with Gasteiger partial charge in [0.2, 0.25) is 0 Å². The summed E-state index contributed by atoms with van der Waals surface area (Å²) in [5.41, 5.74) is 0.523. The van der Waals surface area contributed by atoms with Crippen LogP contribution in [0, 0.1) is 5.92 Å². The van der Waals surface area contributed by atoms with E-state index in [2.05, 4.69) is 4.74 Å². The van der Waals surface area contributed by atoms with Crippen molar-refractivity contribution in [3.8, 4) is 0 Å². The van der Waals surface area contributed by atoms with Gasteiger partial charge in [-0.2, -0.15) is 0 Å². The van der Waals surface area contributed by atoms with Gasteiger partial charge in [-0.25, -0.2) is 4.39 Å². The zero-order valence-corrected chi connectivity index (χ0v) is 8.94. The molecule has 0 fully saturated rings. The number of hydrogen-bond donors (Lipinski definition) is 0. The van der Waals surface area contributed by atoms with Crippen LogP contribution in [0.1, 0.15) is 25.1 Å². The zero-order chi connectivity index (χ0) is 11.3. The van der Waals surface area contributed by atoms with Gasteiger partial charge in [-0.05, 0) is 12.0 Å². The monoisotopic (exact) mass is 210 g/mol. The molecule has 1 aromatic rings. The van der Waals surface area contributed by atoms with Gasteiger partial charge in [0, 0.05) is 0 Å². The topological polar surface area (TPSA) is 26.3 Å². The Hall–Kier alpha value is -1.38. The predicted octanol–water partition coefficient (Wildman–Crippen LogP) is 2.90. The molecule has 0 aromatic heterocycles. The Morgan fingerprint density at radius 1 is 1.40 bits per heavy atom. The van der Waals surface area contributed by atoms with E-state index in [0.717, 1.165) is 0 Å². The number of methoxy groups -OCH3 is 1. The van der Waals surface area contributed by atoms with Crippen LogP contribution >= 0.6 is 0 Å². The van der Waals surface area contributed by atoms with Crippen LogP contribution in [0.5, 0.6) is 0 Å². The second-order valence-electron chi connectivity index (χ2n) is 3.35. The molecule has 0 heterocycles. The third-order valence-electron chi connectivity index (χ3n) is 2.42. The Labute approximate surface area is 89.1 Å². The summed E-state index contributed by atoms with van der Waals surface area (Å²) in [6.07, 6.45) is -0.855. The highest BCUT2D eigenvalue weighted by atomic mass is 19.1. The fourth-order valence-electron chi connectivity index (χ4n) is 1.51. The maximum atomic E-state index is 13.9. The molecular weight excluding hydrogens is 195 g/mol. The van der Waals surface area contributed by atoms with Crippen molar-refractivity contribution < 1.29 is 13.9 Å². The van der Waals surface area contributed by atoms with Crippen molar-refractivity contribution in [2.45, 2.75) is 19.5 Å². The molecule has 0 bridgehead atoms. The first-order chi connectivity index (χ1) is 7.20. The molecule has 0 N–H and O–H groups in total. The van der Waals surface area contributed by atoms with Gasteiger partial charge in [0.25, 0.3) is 0 Å². The average molecular weight is 210 g/mol. The Morgan fingerprint density at radius 2 is 2.00 bits per heavy atom. The van der Waals surface area contributed by atoms with Gasteiger partial charge in [0.05, 0.1) is 13.0 Å². The van der Waals surface area contributed by atoms with E-state index in [-0.39, 0.29) is 0 Å². The second-order valence-corrected chi connectivity index (χ2v) is 3.35. The summed E-state index contributed by atoms with van der Waals surface area (Å²) < 4.78 is 18.5. The molecule has 0 aliphatic rings. The smallest absolute Gasteiger partial charge is 0.311 e. The minimum absolute atomic E-state index is 0.433. The third kappa shape index (κ3) is 2.78. The number of carbonyl (C=O) groups is 1. The molecule has 15 heavy (non-hydrogen) atoms. The molecule has 0 radical (unpaired) electrons. The summed E-state index contributed by atoms with van der Waals surface area (Å²) in [6.45, 7) is 1.77.